The van der Waals surface area contributed by atoms with Crippen LogP contribution < -0.4 is 9.47 Å². The van der Waals surface area contributed by atoms with Crippen LogP contribution in [0.4, 0.5) is 0 Å². The van der Waals surface area contributed by atoms with Gasteiger partial charge < -0.3 is 9.47 Å². The smallest absolute Gasteiger partial charge is 0.161 e. The first-order valence-electron chi connectivity index (χ1n) is 7.36. The standard InChI is InChI=1S/C17H23NO3/c1-4-8-18-9-7-16(19)14(12-18)10-13-11-15(20-2)5-6-17(13)21-3/h5-6,10-11H,4,7-9,12H2,1-3H3/b14-10+. The van der Waals surface area contributed by atoms with Gasteiger partial charge in [0.1, 0.15) is 11.5 Å². The third kappa shape index (κ3) is 3.85. The molecule has 1 aliphatic heterocycles. The van der Waals surface area contributed by atoms with Gasteiger partial charge in [0, 0.05) is 30.6 Å². The fourth-order valence-electron chi connectivity index (χ4n) is 2.60. The van der Waals surface area contributed by atoms with E-state index < -0.39 is 0 Å². The molecule has 0 bridgehead atoms. The number of ketones is 1. The highest BCUT2D eigenvalue weighted by atomic mass is 16.5. The summed E-state index contributed by atoms with van der Waals surface area (Å²) >= 11 is 0. The van der Waals surface area contributed by atoms with Gasteiger partial charge in [-0.3, -0.25) is 9.69 Å². The van der Waals surface area contributed by atoms with Crippen molar-refractivity contribution in [3.63, 3.8) is 0 Å². The van der Waals surface area contributed by atoms with Crippen LogP contribution in [0.3, 0.4) is 0 Å². The molecule has 1 aromatic rings. The summed E-state index contributed by atoms with van der Waals surface area (Å²) in [4.78, 5) is 14.5. The van der Waals surface area contributed by atoms with Gasteiger partial charge in [-0.2, -0.15) is 0 Å². The molecule has 21 heavy (non-hydrogen) atoms. The van der Waals surface area contributed by atoms with Gasteiger partial charge in [0.15, 0.2) is 5.78 Å². The molecule has 1 aliphatic rings. The van der Waals surface area contributed by atoms with Gasteiger partial charge in [0.25, 0.3) is 0 Å². The van der Waals surface area contributed by atoms with Crippen molar-refractivity contribution in [3.05, 3.63) is 29.3 Å². The van der Waals surface area contributed by atoms with E-state index >= 15 is 0 Å². The molecular weight excluding hydrogens is 266 g/mol. The van der Waals surface area contributed by atoms with E-state index in [0.717, 1.165) is 42.1 Å². The van der Waals surface area contributed by atoms with E-state index in [1.54, 1.807) is 14.2 Å². The maximum Gasteiger partial charge on any atom is 0.161 e. The lowest BCUT2D eigenvalue weighted by Crippen LogP contribution is -2.36. The fourth-order valence-corrected chi connectivity index (χ4v) is 2.60. The molecule has 0 atom stereocenters. The molecule has 4 nitrogen and oxygen atoms in total. The van der Waals surface area contributed by atoms with Gasteiger partial charge in [-0.25, -0.2) is 0 Å². The summed E-state index contributed by atoms with van der Waals surface area (Å²) in [6.45, 7) is 4.76. The van der Waals surface area contributed by atoms with Crippen LogP contribution >= 0.6 is 0 Å². The summed E-state index contributed by atoms with van der Waals surface area (Å²) in [5, 5.41) is 0. The van der Waals surface area contributed by atoms with Gasteiger partial charge in [-0.1, -0.05) is 6.92 Å². The number of carbonyl (C=O) groups excluding carboxylic acids is 1. The van der Waals surface area contributed by atoms with Crippen LogP contribution in [0.25, 0.3) is 6.08 Å². The van der Waals surface area contributed by atoms with Crippen LogP contribution in [0.1, 0.15) is 25.3 Å². The lowest BCUT2D eigenvalue weighted by molar-refractivity contribution is -0.117. The summed E-state index contributed by atoms with van der Waals surface area (Å²) in [5.41, 5.74) is 1.74. The maximum atomic E-state index is 12.1. The molecule has 0 spiro atoms. The van der Waals surface area contributed by atoms with Crippen molar-refractivity contribution in [2.24, 2.45) is 0 Å². The zero-order chi connectivity index (χ0) is 15.2. The van der Waals surface area contributed by atoms with E-state index in [2.05, 4.69) is 11.8 Å². The normalized spacial score (nSPS) is 18.0. The molecule has 2 rings (SSSR count). The molecular formula is C17H23NO3. The number of Topliss-reactive ketones (excluding diaryl/α,β-unsaturated/α-hetero) is 1. The minimum absolute atomic E-state index is 0.229. The number of nitrogens with zero attached hydrogens (tertiary/aromatic N) is 1. The minimum Gasteiger partial charge on any atom is -0.497 e. The fraction of sp³-hybridized carbons (Fsp3) is 0.471. The van der Waals surface area contributed by atoms with E-state index in [4.69, 9.17) is 9.47 Å². The topological polar surface area (TPSA) is 38.8 Å². The van der Waals surface area contributed by atoms with Gasteiger partial charge in [-0.05, 0) is 37.2 Å². The third-order valence-electron chi connectivity index (χ3n) is 3.71. The van der Waals surface area contributed by atoms with Crippen molar-refractivity contribution in [3.8, 4) is 11.5 Å². The van der Waals surface area contributed by atoms with Gasteiger partial charge >= 0.3 is 0 Å². The number of hydrogen-bond acceptors (Lipinski definition) is 4. The lowest BCUT2D eigenvalue weighted by Gasteiger charge is -2.27. The summed E-state index contributed by atoms with van der Waals surface area (Å²) in [5.74, 6) is 1.74. The average Bonchev–Trinajstić information content (AvgIpc) is 2.50. The first-order chi connectivity index (χ1) is 10.2. The molecule has 0 unspecified atom stereocenters. The predicted octanol–water partition coefficient (Wildman–Crippen LogP) is 2.77. The van der Waals surface area contributed by atoms with Crippen LogP contribution in [0, 0.1) is 0 Å². The molecule has 114 valence electrons. The van der Waals surface area contributed by atoms with Crippen LogP contribution in [-0.2, 0) is 4.79 Å². The van der Waals surface area contributed by atoms with Crippen molar-refractivity contribution in [1.29, 1.82) is 0 Å². The van der Waals surface area contributed by atoms with Crippen LogP contribution in [0.2, 0.25) is 0 Å². The molecule has 4 heteroatoms. The first-order valence-corrected chi connectivity index (χ1v) is 7.36. The number of hydrogen-bond donors (Lipinski definition) is 0. The maximum absolute atomic E-state index is 12.1. The number of likely N-dealkylation sites (tertiary alicyclic amines) is 1. The minimum atomic E-state index is 0.229. The Kier molecular flexibility index (Phi) is 5.39. The number of methoxy groups -OCH3 is 2. The number of rotatable bonds is 5. The van der Waals surface area contributed by atoms with E-state index in [0.29, 0.717) is 13.0 Å². The van der Waals surface area contributed by atoms with Gasteiger partial charge in [-0.15, -0.1) is 0 Å². The second-order valence-electron chi connectivity index (χ2n) is 5.23. The number of piperidine rings is 1. The van der Waals surface area contributed by atoms with Crippen molar-refractivity contribution in [1.82, 2.24) is 4.90 Å². The Morgan fingerprint density at radius 3 is 2.76 bits per heavy atom. The molecule has 0 aliphatic carbocycles. The quantitative estimate of drug-likeness (QED) is 0.781. The highest BCUT2D eigenvalue weighted by Crippen LogP contribution is 2.27. The van der Waals surface area contributed by atoms with Crippen molar-refractivity contribution in [2.75, 3.05) is 33.9 Å². The monoisotopic (exact) mass is 289 g/mol. The number of benzene rings is 1. The van der Waals surface area contributed by atoms with Crippen LogP contribution in [0.15, 0.2) is 23.8 Å². The van der Waals surface area contributed by atoms with E-state index in [9.17, 15) is 4.79 Å². The van der Waals surface area contributed by atoms with E-state index in [1.165, 1.54) is 0 Å². The second-order valence-corrected chi connectivity index (χ2v) is 5.23. The van der Waals surface area contributed by atoms with Crippen molar-refractivity contribution >= 4 is 11.9 Å². The molecule has 1 fully saturated rings. The van der Waals surface area contributed by atoms with Crippen molar-refractivity contribution < 1.29 is 14.3 Å². The molecule has 1 aromatic carbocycles. The first kappa shape index (κ1) is 15.6. The summed E-state index contributed by atoms with van der Waals surface area (Å²) in [7, 11) is 3.27. The SMILES string of the molecule is CCCN1CCC(=O)/C(=C/c2cc(OC)ccc2OC)C1. The molecule has 0 amide bonds. The predicted molar refractivity (Wildman–Crippen MR) is 83.9 cm³/mol. The average molecular weight is 289 g/mol. The highest BCUT2D eigenvalue weighted by molar-refractivity contribution is 6.01. The molecule has 0 saturated carbocycles. The number of ether oxygens (including phenoxy) is 2. The highest BCUT2D eigenvalue weighted by Gasteiger charge is 2.21. The number of carbonyl (C=O) groups is 1. The second kappa shape index (κ2) is 7.27. The van der Waals surface area contributed by atoms with E-state index in [-0.39, 0.29) is 5.78 Å². The molecule has 0 radical (unpaired) electrons. The van der Waals surface area contributed by atoms with Gasteiger partial charge in [0.2, 0.25) is 0 Å². The Morgan fingerprint density at radius 1 is 1.29 bits per heavy atom. The molecule has 1 heterocycles. The Morgan fingerprint density at radius 2 is 2.10 bits per heavy atom. The third-order valence-corrected chi connectivity index (χ3v) is 3.71. The summed E-state index contributed by atoms with van der Waals surface area (Å²) in [6.07, 6.45) is 3.63. The van der Waals surface area contributed by atoms with E-state index in [1.807, 2.05) is 24.3 Å². The van der Waals surface area contributed by atoms with Crippen molar-refractivity contribution in [2.45, 2.75) is 19.8 Å². The molecule has 0 N–H and O–H groups in total. The summed E-state index contributed by atoms with van der Waals surface area (Å²) in [6, 6.07) is 5.62. The van der Waals surface area contributed by atoms with Crippen LogP contribution in [-0.4, -0.2) is 44.5 Å². The Labute approximate surface area is 126 Å². The largest absolute Gasteiger partial charge is 0.497 e. The molecule has 0 aromatic heterocycles. The summed E-state index contributed by atoms with van der Waals surface area (Å²) < 4.78 is 10.6. The van der Waals surface area contributed by atoms with Gasteiger partial charge in [0.05, 0.1) is 14.2 Å². The Bertz CT molecular complexity index is 537. The van der Waals surface area contributed by atoms with Crippen LogP contribution in [0.5, 0.6) is 11.5 Å². The zero-order valence-electron chi connectivity index (χ0n) is 13.0. The Hall–Kier alpha value is -1.81. The zero-order valence-corrected chi connectivity index (χ0v) is 13.0. The Balaban J connectivity index is 2.29. The lowest BCUT2D eigenvalue weighted by atomic mass is 9.99. The molecule has 1 saturated heterocycles.